The first-order valence-electron chi connectivity index (χ1n) is 7.82. The highest BCUT2D eigenvalue weighted by molar-refractivity contribution is 5.78. The number of methoxy groups -OCH3 is 1. The van der Waals surface area contributed by atoms with Crippen molar-refractivity contribution in [3.63, 3.8) is 0 Å². The smallest absolute Gasteiger partial charge is 0.224 e. The van der Waals surface area contributed by atoms with Crippen molar-refractivity contribution >= 4 is 5.91 Å². The summed E-state index contributed by atoms with van der Waals surface area (Å²) in [6.07, 6.45) is 2.10. The first kappa shape index (κ1) is 18.3. The minimum Gasteiger partial charge on any atom is -0.493 e. The summed E-state index contributed by atoms with van der Waals surface area (Å²) in [6, 6.07) is 5.54. The van der Waals surface area contributed by atoms with Crippen molar-refractivity contribution in [3.8, 4) is 11.5 Å². The summed E-state index contributed by atoms with van der Waals surface area (Å²) in [5.41, 5.74) is 6.69. The molecule has 0 radical (unpaired) electrons. The molecular formula is C17H28N2O3. The van der Waals surface area contributed by atoms with Crippen LogP contribution in [0.1, 0.15) is 39.2 Å². The van der Waals surface area contributed by atoms with E-state index in [1.54, 1.807) is 7.11 Å². The average molecular weight is 308 g/mol. The highest BCUT2D eigenvalue weighted by Crippen LogP contribution is 2.28. The van der Waals surface area contributed by atoms with Crippen LogP contribution in [0, 0.1) is 5.92 Å². The molecule has 0 spiro atoms. The lowest BCUT2D eigenvalue weighted by Gasteiger charge is -2.16. The number of benzene rings is 1. The first-order chi connectivity index (χ1) is 10.5. The minimum absolute atomic E-state index is 0.0442. The fourth-order valence-corrected chi connectivity index (χ4v) is 1.86. The number of rotatable bonds is 9. The highest BCUT2D eigenvalue weighted by Gasteiger charge is 2.16. The first-order valence-corrected chi connectivity index (χ1v) is 7.82. The third-order valence-corrected chi connectivity index (χ3v) is 3.65. The van der Waals surface area contributed by atoms with Crippen LogP contribution in [0.5, 0.6) is 11.5 Å². The van der Waals surface area contributed by atoms with Gasteiger partial charge in [0.05, 0.1) is 13.7 Å². The summed E-state index contributed by atoms with van der Waals surface area (Å²) in [4.78, 5) is 11.9. The Bertz CT molecular complexity index is 475. The van der Waals surface area contributed by atoms with Crippen molar-refractivity contribution in [1.82, 2.24) is 5.32 Å². The van der Waals surface area contributed by atoms with Crippen LogP contribution in [0.3, 0.4) is 0 Å². The van der Waals surface area contributed by atoms with Crippen LogP contribution in [0.15, 0.2) is 18.2 Å². The lowest BCUT2D eigenvalue weighted by molar-refractivity contribution is -0.125. The molecule has 1 aromatic carbocycles. The molecule has 2 unspecified atom stereocenters. The van der Waals surface area contributed by atoms with E-state index >= 15 is 0 Å². The molecule has 0 heterocycles. The van der Waals surface area contributed by atoms with Crippen molar-refractivity contribution in [2.45, 2.75) is 46.2 Å². The molecule has 3 N–H and O–H groups in total. The maximum absolute atomic E-state index is 11.9. The zero-order chi connectivity index (χ0) is 16.5. The van der Waals surface area contributed by atoms with Crippen LogP contribution in [0.25, 0.3) is 0 Å². The van der Waals surface area contributed by atoms with Crippen molar-refractivity contribution in [3.05, 3.63) is 23.8 Å². The van der Waals surface area contributed by atoms with Crippen LogP contribution in [0.4, 0.5) is 0 Å². The van der Waals surface area contributed by atoms with Gasteiger partial charge in [0.1, 0.15) is 0 Å². The van der Waals surface area contributed by atoms with E-state index in [1.165, 1.54) is 0 Å². The van der Waals surface area contributed by atoms with Crippen LogP contribution < -0.4 is 20.5 Å². The summed E-state index contributed by atoms with van der Waals surface area (Å²) in [5.74, 6) is 1.16. The Morgan fingerprint density at radius 2 is 2.05 bits per heavy atom. The van der Waals surface area contributed by atoms with Gasteiger partial charge < -0.3 is 20.5 Å². The molecule has 124 valence electrons. The van der Waals surface area contributed by atoms with Crippen LogP contribution >= 0.6 is 0 Å². The average Bonchev–Trinajstić information content (AvgIpc) is 2.52. The number of nitrogens with one attached hydrogen (secondary N) is 1. The molecule has 0 aliphatic heterocycles. The van der Waals surface area contributed by atoms with Gasteiger partial charge in [0, 0.05) is 18.5 Å². The number of ether oxygens (including phenoxy) is 2. The Morgan fingerprint density at radius 3 is 2.64 bits per heavy atom. The fourth-order valence-electron chi connectivity index (χ4n) is 1.86. The Labute approximate surface area is 133 Å². The SMILES string of the molecule is CCCCOc1ccc(CNC(=O)C(C)C(C)N)cc1OC. The summed E-state index contributed by atoms with van der Waals surface area (Å²) in [7, 11) is 1.61. The highest BCUT2D eigenvalue weighted by atomic mass is 16.5. The Hall–Kier alpha value is -1.75. The number of amides is 1. The van der Waals surface area contributed by atoms with Crippen LogP contribution in [-0.2, 0) is 11.3 Å². The van der Waals surface area contributed by atoms with E-state index in [2.05, 4.69) is 12.2 Å². The maximum Gasteiger partial charge on any atom is 0.224 e. The second-order valence-corrected chi connectivity index (χ2v) is 5.55. The number of hydrogen-bond donors (Lipinski definition) is 2. The summed E-state index contributed by atoms with van der Waals surface area (Å²) >= 11 is 0. The third-order valence-electron chi connectivity index (χ3n) is 3.65. The van der Waals surface area contributed by atoms with Crippen molar-refractivity contribution < 1.29 is 14.3 Å². The molecule has 0 fully saturated rings. The molecular weight excluding hydrogens is 280 g/mol. The monoisotopic (exact) mass is 308 g/mol. The second kappa shape index (κ2) is 9.30. The molecule has 2 atom stereocenters. The lowest BCUT2D eigenvalue weighted by atomic mass is 10.0. The zero-order valence-electron chi connectivity index (χ0n) is 14.0. The molecule has 0 aromatic heterocycles. The molecule has 5 heteroatoms. The second-order valence-electron chi connectivity index (χ2n) is 5.55. The standard InChI is InChI=1S/C17H28N2O3/c1-5-6-9-22-15-8-7-14(10-16(15)21-4)11-19-17(20)12(2)13(3)18/h7-8,10,12-13H,5-6,9,11,18H2,1-4H3,(H,19,20). The number of unbranched alkanes of at least 4 members (excludes halogenated alkanes) is 1. The molecule has 1 rings (SSSR count). The van der Waals surface area contributed by atoms with Crippen molar-refractivity contribution in [2.24, 2.45) is 11.7 Å². The summed E-state index contributed by atoms with van der Waals surface area (Å²) in [6.45, 7) is 6.90. The van der Waals surface area contributed by atoms with Gasteiger partial charge in [0.25, 0.3) is 0 Å². The Kier molecular flexibility index (Phi) is 7.74. The molecule has 0 aliphatic carbocycles. The molecule has 0 saturated heterocycles. The molecule has 22 heavy (non-hydrogen) atoms. The number of hydrogen-bond acceptors (Lipinski definition) is 4. The predicted molar refractivity (Wildman–Crippen MR) is 88.1 cm³/mol. The van der Waals surface area contributed by atoms with Crippen LogP contribution in [-0.4, -0.2) is 25.7 Å². The molecule has 0 aliphatic rings. The van der Waals surface area contributed by atoms with E-state index in [0.29, 0.717) is 18.9 Å². The number of carbonyl (C=O) groups is 1. The van der Waals surface area contributed by atoms with E-state index in [0.717, 1.165) is 24.2 Å². The van der Waals surface area contributed by atoms with Gasteiger partial charge in [-0.2, -0.15) is 0 Å². The van der Waals surface area contributed by atoms with E-state index in [9.17, 15) is 4.79 Å². The molecule has 0 saturated carbocycles. The zero-order valence-corrected chi connectivity index (χ0v) is 14.0. The largest absolute Gasteiger partial charge is 0.493 e. The van der Waals surface area contributed by atoms with Gasteiger partial charge in [0.2, 0.25) is 5.91 Å². The minimum atomic E-state index is -0.210. The lowest BCUT2D eigenvalue weighted by Crippen LogP contribution is -2.38. The topological polar surface area (TPSA) is 73.6 Å². The Balaban J connectivity index is 2.63. The van der Waals surface area contributed by atoms with E-state index in [4.69, 9.17) is 15.2 Å². The van der Waals surface area contributed by atoms with E-state index in [-0.39, 0.29) is 17.9 Å². The van der Waals surface area contributed by atoms with Gasteiger partial charge in [-0.05, 0) is 31.0 Å². The van der Waals surface area contributed by atoms with E-state index < -0.39 is 0 Å². The van der Waals surface area contributed by atoms with Gasteiger partial charge in [-0.1, -0.05) is 26.3 Å². The van der Waals surface area contributed by atoms with Gasteiger partial charge in [-0.3, -0.25) is 4.79 Å². The molecule has 5 nitrogen and oxygen atoms in total. The number of carbonyl (C=O) groups excluding carboxylic acids is 1. The van der Waals surface area contributed by atoms with Gasteiger partial charge in [-0.25, -0.2) is 0 Å². The van der Waals surface area contributed by atoms with Crippen molar-refractivity contribution in [1.29, 1.82) is 0 Å². The summed E-state index contributed by atoms with van der Waals surface area (Å²) in [5, 5.41) is 2.89. The van der Waals surface area contributed by atoms with Gasteiger partial charge >= 0.3 is 0 Å². The fraction of sp³-hybridized carbons (Fsp3) is 0.588. The molecule has 1 amide bonds. The summed E-state index contributed by atoms with van der Waals surface area (Å²) < 4.78 is 11.0. The maximum atomic E-state index is 11.9. The van der Waals surface area contributed by atoms with Crippen molar-refractivity contribution in [2.75, 3.05) is 13.7 Å². The quantitative estimate of drug-likeness (QED) is 0.687. The molecule has 1 aromatic rings. The van der Waals surface area contributed by atoms with E-state index in [1.807, 2.05) is 32.0 Å². The van der Waals surface area contributed by atoms with Crippen LogP contribution in [0.2, 0.25) is 0 Å². The van der Waals surface area contributed by atoms with Gasteiger partial charge in [-0.15, -0.1) is 0 Å². The number of nitrogens with two attached hydrogens (primary N) is 1. The normalized spacial score (nSPS) is 13.3. The van der Waals surface area contributed by atoms with Gasteiger partial charge in [0.15, 0.2) is 11.5 Å². The predicted octanol–water partition coefficient (Wildman–Crippen LogP) is 2.47. The third kappa shape index (κ3) is 5.56. The Morgan fingerprint density at radius 1 is 1.32 bits per heavy atom. The molecule has 0 bridgehead atoms.